The molecule has 1 N–H and O–H groups in total. The van der Waals surface area contributed by atoms with Gasteiger partial charge >= 0.3 is 0 Å². The maximum Gasteiger partial charge on any atom is 0.234 e. The Bertz CT molecular complexity index is 939. The Balaban J connectivity index is 1.70. The van der Waals surface area contributed by atoms with E-state index in [2.05, 4.69) is 26.6 Å². The predicted molar refractivity (Wildman–Crippen MR) is 115 cm³/mol. The zero-order chi connectivity index (χ0) is 20.6. The van der Waals surface area contributed by atoms with Crippen LogP contribution in [-0.4, -0.2) is 45.1 Å². The van der Waals surface area contributed by atoms with Crippen LogP contribution in [0.4, 0.5) is 5.69 Å². The maximum atomic E-state index is 12.4. The van der Waals surface area contributed by atoms with Gasteiger partial charge in [0.15, 0.2) is 11.0 Å². The van der Waals surface area contributed by atoms with Gasteiger partial charge in [0, 0.05) is 43.9 Å². The van der Waals surface area contributed by atoms with Crippen LogP contribution >= 0.6 is 11.8 Å². The second-order valence-corrected chi connectivity index (χ2v) is 7.70. The van der Waals surface area contributed by atoms with Crippen LogP contribution in [0.15, 0.2) is 47.9 Å². The number of nitrogens with one attached hydrogen (secondary N) is 1. The first-order chi connectivity index (χ1) is 14.1. The first kappa shape index (κ1) is 21.0. The predicted octanol–water partition coefficient (Wildman–Crippen LogP) is 3.72. The Hall–Kier alpha value is -2.71. The topological polar surface area (TPSA) is 81.9 Å². The maximum absolute atomic E-state index is 12.4. The molecule has 152 valence electrons. The molecule has 0 unspecified atom stereocenters. The second-order valence-electron chi connectivity index (χ2n) is 6.75. The molecule has 29 heavy (non-hydrogen) atoms. The van der Waals surface area contributed by atoms with Crippen LogP contribution in [0.5, 0.6) is 0 Å². The van der Waals surface area contributed by atoms with Crippen LogP contribution < -0.4 is 5.32 Å². The third kappa shape index (κ3) is 5.88. The Morgan fingerprint density at radius 1 is 1.14 bits per heavy atom. The number of rotatable bonds is 9. The number of methoxy groups -OCH3 is 1. The lowest BCUT2D eigenvalue weighted by Gasteiger charge is -2.10. The van der Waals surface area contributed by atoms with Gasteiger partial charge in [-0.05, 0) is 55.7 Å². The number of nitrogens with zero attached hydrogens (tertiary/aromatic N) is 4. The van der Waals surface area contributed by atoms with Crippen molar-refractivity contribution in [1.82, 2.24) is 19.7 Å². The summed E-state index contributed by atoms with van der Waals surface area (Å²) in [5.74, 6) is 0.948. The smallest absolute Gasteiger partial charge is 0.234 e. The fraction of sp³-hybridized carbons (Fsp3) is 0.333. The Morgan fingerprint density at radius 2 is 1.86 bits per heavy atom. The highest BCUT2D eigenvalue weighted by Crippen LogP contribution is 2.24. The summed E-state index contributed by atoms with van der Waals surface area (Å²) in [5, 5.41) is 12.3. The third-order valence-corrected chi connectivity index (χ3v) is 5.19. The first-order valence-electron chi connectivity index (χ1n) is 9.40. The van der Waals surface area contributed by atoms with E-state index < -0.39 is 0 Å². The van der Waals surface area contributed by atoms with E-state index >= 15 is 0 Å². The second kappa shape index (κ2) is 10.2. The van der Waals surface area contributed by atoms with E-state index in [1.807, 2.05) is 42.7 Å². The lowest BCUT2D eigenvalue weighted by atomic mass is 10.1. The van der Waals surface area contributed by atoms with Crippen LogP contribution in [-0.2, 0) is 16.1 Å². The summed E-state index contributed by atoms with van der Waals surface area (Å²) in [7, 11) is 1.68. The highest BCUT2D eigenvalue weighted by Gasteiger charge is 2.15. The number of thioether (sulfide) groups is 1. The average molecular weight is 412 g/mol. The Morgan fingerprint density at radius 3 is 2.55 bits per heavy atom. The Labute approximate surface area is 174 Å². The number of amides is 1. The molecule has 0 aliphatic rings. The Kier molecular flexibility index (Phi) is 7.37. The van der Waals surface area contributed by atoms with Crippen molar-refractivity contribution in [2.75, 3.05) is 24.8 Å². The highest BCUT2D eigenvalue weighted by molar-refractivity contribution is 7.99. The third-order valence-electron chi connectivity index (χ3n) is 4.22. The number of carbonyl (C=O) groups is 1. The zero-order valence-electron chi connectivity index (χ0n) is 16.9. The lowest BCUT2D eigenvalue weighted by molar-refractivity contribution is -0.113. The van der Waals surface area contributed by atoms with Crippen LogP contribution in [0.3, 0.4) is 0 Å². The summed E-state index contributed by atoms with van der Waals surface area (Å²) in [6.07, 6.45) is 4.29. The van der Waals surface area contributed by atoms with E-state index in [4.69, 9.17) is 4.74 Å². The van der Waals surface area contributed by atoms with E-state index in [0.717, 1.165) is 34.6 Å². The van der Waals surface area contributed by atoms with Crippen LogP contribution in [0.2, 0.25) is 0 Å². The van der Waals surface area contributed by atoms with Crippen molar-refractivity contribution in [1.29, 1.82) is 0 Å². The van der Waals surface area contributed by atoms with Crippen molar-refractivity contribution in [2.45, 2.75) is 32.0 Å². The molecule has 7 nitrogen and oxygen atoms in total. The SMILES string of the molecule is COCCCn1c(SCC(=O)Nc2cc(C)cc(C)c2)nnc1-c1ccncc1. The number of anilines is 1. The first-order valence-corrected chi connectivity index (χ1v) is 10.4. The lowest BCUT2D eigenvalue weighted by Crippen LogP contribution is -2.15. The van der Waals surface area contributed by atoms with E-state index in [1.165, 1.54) is 11.8 Å². The average Bonchev–Trinajstić information content (AvgIpc) is 3.09. The fourth-order valence-electron chi connectivity index (χ4n) is 3.05. The normalized spacial score (nSPS) is 10.9. The van der Waals surface area contributed by atoms with Gasteiger partial charge in [0.05, 0.1) is 5.75 Å². The largest absolute Gasteiger partial charge is 0.385 e. The number of aryl methyl sites for hydroxylation is 2. The molecule has 1 aromatic carbocycles. The number of ether oxygens (including phenoxy) is 1. The molecule has 2 heterocycles. The molecule has 3 rings (SSSR count). The van der Waals surface area contributed by atoms with Gasteiger partial charge in [-0.1, -0.05) is 17.8 Å². The fourth-order valence-corrected chi connectivity index (χ4v) is 3.82. The molecular formula is C21H25N5O2S. The van der Waals surface area contributed by atoms with Gasteiger partial charge < -0.3 is 14.6 Å². The molecule has 0 fully saturated rings. The van der Waals surface area contributed by atoms with Crippen molar-refractivity contribution in [2.24, 2.45) is 0 Å². The van der Waals surface area contributed by atoms with Crippen molar-refractivity contribution < 1.29 is 9.53 Å². The van der Waals surface area contributed by atoms with Gasteiger partial charge in [0.25, 0.3) is 0 Å². The summed E-state index contributed by atoms with van der Waals surface area (Å²) in [6.45, 7) is 5.38. The molecule has 0 aliphatic heterocycles. The number of aromatic nitrogens is 4. The van der Waals surface area contributed by atoms with Gasteiger partial charge in [-0.15, -0.1) is 10.2 Å². The molecule has 0 atom stereocenters. The van der Waals surface area contributed by atoms with Crippen molar-refractivity contribution in [3.05, 3.63) is 53.9 Å². The quantitative estimate of drug-likeness (QED) is 0.427. The standard InChI is InChI=1S/C21H25N5O2S/c1-15-11-16(2)13-18(12-15)23-19(27)14-29-21-25-24-20(17-5-7-22-8-6-17)26(21)9-4-10-28-3/h5-8,11-13H,4,9-10,14H2,1-3H3,(H,23,27). The molecule has 0 radical (unpaired) electrons. The summed E-state index contributed by atoms with van der Waals surface area (Å²) in [6, 6.07) is 9.80. The summed E-state index contributed by atoms with van der Waals surface area (Å²) < 4.78 is 7.21. The molecule has 0 spiro atoms. The van der Waals surface area contributed by atoms with E-state index in [9.17, 15) is 4.79 Å². The van der Waals surface area contributed by atoms with Gasteiger partial charge in [-0.25, -0.2) is 0 Å². The zero-order valence-corrected chi connectivity index (χ0v) is 17.7. The minimum atomic E-state index is -0.0723. The molecule has 1 amide bonds. The van der Waals surface area contributed by atoms with Gasteiger partial charge in [0.2, 0.25) is 5.91 Å². The van der Waals surface area contributed by atoms with Crippen LogP contribution in [0, 0.1) is 13.8 Å². The summed E-state index contributed by atoms with van der Waals surface area (Å²) >= 11 is 1.38. The minimum Gasteiger partial charge on any atom is -0.385 e. The van der Waals surface area contributed by atoms with E-state index in [-0.39, 0.29) is 11.7 Å². The number of benzene rings is 1. The molecule has 0 aliphatic carbocycles. The van der Waals surface area contributed by atoms with Gasteiger partial charge in [-0.3, -0.25) is 9.78 Å². The van der Waals surface area contributed by atoms with Crippen molar-refractivity contribution >= 4 is 23.4 Å². The molecule has 0 bridgehead atoms. The molecule has 8 heteroatoms. The monoisotopic (exact) mass is 411 g/mol. The number of hydrogen-bond acceptors (Lipinski definition) is 6. The van der Waals surface area contributed by atoms with Gasteiger partial charge in [-0.2, -0.15) is 0 Å². The van der Waals surface area contributed by atoms with Crippen LogP contribution in [0.1, 0.15) is 17.5 Å². The molecule has 3 aromatic rings. The van der Waals surface area contributed by atoms with E-state index in [0.29, 0.717) is 18.3 Å². The highest BCUT2D eigenvalue weighted by atomic mass is 32.2. The van der Waals surface area contributed by atoms with Crippen molar-refractivity contribution in [3.8, 4) is 11.4 Å². The van der Waals surface area contributed by atoms with Gasteiger partial charge in [0.1, 0.15) is 0 Å². The number of pyridine rings is 1. The number of hydrogen-bond donors (Lipinski definition) is 1. The summed E-state index contributed by atoms with van der Waals surface area (Å²) in [4.78, 5) is 16.5. The van der Waals surface area contributed by atoms with E-state index in [1.54, 1.807) is 19.5 Å². The minimum absolute atomic E-state index is 0.0723. The molecule has 2 aromatic heterocycles. The number of carbonyl (C=O) groups excluding carboxylic acids is 1. The molecule has 0 saturated heterocycles. The molecule has 0 saturated carbocycles. The summed E-state index contributed by atoms with van der Waals surface area (Å²) in [5.41, 5.74) is 3.99. The van der Waals surface area contributed by atoms with Crippen molar-refractivity contribution in [3.63, 3.8) is 0 Å². The molecular weight excluding hydrogens is 386 g/mol. The van der Waals surface area contributed by atoms with Crippen LogP contribution in [0.25, 0.3) is 11.4 Å².